The molecule has 1 N–H and O–H groups in total. The first-order valence-electron chi connectivity index (χ1n) is 11.3. The highest BCUT2D eigenvalue weighted by Crippen LogP contribution is 2.36. The number of hydrogen-bond donors (Lipinski definition) is 1. The maximum Gasteiger partial charge on any atom is 0.271 e. The number of carbonyl (C=O) groups is 1. The summed E-state index contributed by atoms with van der Waals surface area (Å²) < 4.78 is 9.15. The first kappa shape index (κ1) is 26.9. The van der Waals surface area contributed by atoms with Crippen molar-refractivity contribution < 1.29 is 14.6 Å². The van der Waals surface area contributed by atoms with Crippen LogP contribution in [0.25, 0.3) is 6.08 Å². The maximum absolute atomic E-state index is 13.9. The van der Waals surface area contributed by atoms with Crippen molar-refractivity contribution in [2.75, 3.05) is 20.2 Å². The fourth-order valence-corrected chi connectivity index (χ4v) is 7.15. The van der Waals surface area contributed by atoms with Gasteiger partial charge in [-0.1, -0.05) is 29.5 Å². The molecule has 0 saturated carbocycles. The average molecular weight is 729 g/mol. The highest BCUT2D eigenvalue weighted by atomic mass is 127. The van der Waals surface area contributed by atoms with Gasteiger partial charge in [0.2, 0.25) is 0 Å². The zero-order chi connectivity index (χ0) is 26.1. The molecule has 1 atom stereocenters. The molecule has 0 bridgehead atoms. The SMILES string of the molecule is CCN(CC)C(=O)C1=C(C)N=c2s/c(=C/c3cc(I)c(O)c(I)c3)c(=O)n2[C@H]1c1ccccc1OC. The van der Waals surface area contributed by atoms with Gasteiger partial charge in [-0.2, -0.15) is 0 Å². The maximum atomic E-state index is 13.9. The molecule has 0 fully saturated rings. The molecule has 2 aromatic carbocycles. The van der Waals surface area contributed by atoms with Gasteiger partial charge in [0, 0.05) is 18.7 Å². The van der Waals surface area contributed by atoms with Crippen molar-refractivity contribution in [1.29, 1.82) is 0 Å². The number of aromatic nitrogens is 1. The van der Waals surface area contributed by atoms with Gasteiger partial charge in [-0.3, -0.25) is 14.2 Å². The molecular formula is C26H25I2N3O4S. The summed E-state index contributed by atoms with van der Waals surface area (Å²) in [6, 6.07) is 10.4. The molecule has 188 valence electrons. The van der Waals surface area contributed by atoms with Gasteiger partial charge in [0.05, 0.1) is 30.1 Å². The smallest absolute Gasteiger partial charge is 0.271 e. The Morgan fingerprint density at radius 2 is 1.86 bits per heavy atom. The van der Waals surface area contributed by atoms with Gasteiger partial charge < -0.3 is 14.7 Å². The van der Waals surface area contributed by atoms with Crippen LogP contribution in [0, 0.1) is 7.14 Å². The molecule has 1 aromatic heterocycles. The molecule has 2 heterocycles. The van der Waals surface area contributed by atoms with Crippen LogP contribution in [0.15, 0.2) is 57.5 Å². The number of nitrogens with zero attached hydrogens (tertiary/aromatic N) is 3. The van der Waals surface area contributed by atoms with Crippen molar-refractivity contribution in [3.05, 3.63) is 85.6 Å². The molecule has 10 heteroatoms. The molecule has 0 saturated heterocycles. The molecule has 1 aliphatic rings. The Bertz CT molecular complexity index is 1530. The van der Waals surface area contributed by atoms with Crippen LogP contribution in [0.4, 0.5) is 0 Å². The lowest BCUT2D eigenvalue weighted by molar-refractivity contribution is -0.127. The molecule has 1 amide bonds. The Labute approximate surface area is 240 Å². The summed E-state index contributed by atoms with van der Waals surface area (Å²) >= 11 is 5.43. The van der Waals surface area contributed by atoms with Crippen molar-refractivity contribution in [2.45, 2.75) is 26.8 Å². The van der Waals surface area contributed by atoms with Gasteiger partial charge in [-0.15, -0.1) is 0 Å². The monoisotopic (exact) mass is 729 g/mol. The highest BCUT2D eigenvalue weighted by molar-refractivity contribution is 14.1. The number of methoxy groups -OCH3 is 1. The summed E-state index contributed by atoms with van der Waals surface area (Å²) in [5, 5.41) is 10.1. The second-order valence-corrected chi connectivity index (χ2v) is 11.5. The van der Waals surface area contributed by atoms with Crippen molar-refractivity contribution in [3.63, 3.8) is 0 Å². The molecule has 3 aromatic rings. The summed E-state index contributed by atoms with van der Waals surface area (Å²) in [4.78, 5) is 34.5. The Morgan fingerprint density at radius 3 is 2.47 bits per heavy atom. The van der Waals surface area contributed by atoms with Crippen LogP contribution >= 0.6 is 56.5 Å². The van der Waals surface area contributed by atoms with E-state index in [0.29, 0.717) is 46.6 Å². The number of benzene rings is 2. The second kappa shape index (κ2) is 11.1. The molecule has 0 spiro atoms. The predicted molar refractivity (Wildman–Crippen MR) is 158 cm³/mol. The number of ether oxygens (including phenoxy) is 1. The number of carbonyl (C=O) groups excluding carboxylic acids is 1. The molecule has 4 rings (SSSR count). The van der Waals surface area contributed by atoms with Gasteiger partial charge in [0.1, 0.15) is 17.5 Å². The third-order valence-corrected chi connectivity index (χ3v) is 8.70. The van der Waals surface area contributed by atoms with Crippen molar-refractivity contribution in [1.82, 2.24) is 9.47 Å². The fraction of sp³-hybridized carbons (Fsp3) is 0.269. The number of halogens is 2. The number of phenolic OH excluding ortho intramolecular Hbond substituents is 1. The minimum atomic E-state index is -0.673. The minimum absolute atomic E-state index is 0.144. The van der Waals surface area contributed by atoms with Crippen molar-refractivity contribution >= 4 is 68.5 Å². The third-order valence-electron chi connectivity index (χ3n) is 6.07. The van der Waals surface area contributed by atoms with Crippen LogP contribution in [-0.4, -0.2) is 40.7 Å². The van der Waals surface area contributed by atoms with Gasteiger partial charge >= 0.3 is 0 Å². The van der Waals surface area contributed by atoms with E-state index in [-0.39, 0.29) is 17.2 Å². The van der Waals surface area contributed by atoms with E-state index in [1.165, 1.54) is 11.3 Å². The predicted octanol–water partition coefficient (Wildman–Crippen LogP) is 4.03. The number of fused-ring (bicyclic) bond motifs is 1. The molecular weight excluding hydrogens is 704 g/mol. The minimum Gasteiger partial charge on any atom is -0.506 e. The number of allylic oxidation sites excluding steroid dienone is 1. The molecule has 1 aliphatic heterocycles. The van der Waals surface area contributed by atoms with E-state index in [4.69, 9.17) is 9.73 Å². The van der Waals surface area contributed by atoms with E-state index in [0.717, 1.165) is 11.1 Å². The number of likely N-dealkylation sites (N-methyl/N-ethyl adjacent to an activating group) is 1. The van der Waals surface area contributed by atoms with Crippen LogP contribution in [-0.2, 0) is 4.79 Å². The summed E-state index contributed by atoms with van der Waals surface area (Å²) in [5.74, 6) is 0.675. The van der Waals surface area contributed by atoms with Crippen LogP contribution in [0.2, 0.25) is 0 Å². The van der Waals surface area contributed by atoms with Crippen LogP contribution in [0.1, 0.15) is 37.9 Å². The summed E-state index contributed by atoms with van der Waals surface area (Å²) in [7, 11) is 1.58. The van der Waals surface area contributed by atoms with Crippen molar-refractivity contribution in [2.24, 2.45) is 4.99 Å². The van der Waals surface area contributed by atoms with E-state index in [2.05, 4.69) is 45.2 Å². The van der Waals surface area contributed by atoms with Gasteiger partial charge in [0.25, 0.3) is 11.5 Å². The Hall–Kier alpha value is -2.19. The third kappa shape index (κ3) is 4.86. The second-order valence-electron chi connectivity index (χ2n) is 8.13. The molecule has 36 heavy (non-hydrogen) atoms. The number of amides is 1. The number of para-hydroxylation sites is 1. The zero-order valence-corrected chi connectivity index (χ0v) is 25.3. The highest BCUT2D eigenvalue weighted by Gasteiger charge is 2.35. The number of thiazole rings is 1. The largest absolute Gasteiger partial charge is 0.506 e. The first-order chi connectivity index (χ1) is 17.2. The Kier molecular flexibility index (Phi) is 8.25. The molecule has 0 unspecified atom stereocenters. The topological polar surface area (TPSA) is 84.1 Å². The lowest BCUT2D eigenvalue weighted by atomic mass is 9.94. The Balaban J connectivity index is 2.00. The summed E-state index contributed by atoms with van der Waals surface area (Å²) in [6.07, 6.45) is 1.80. The number of phenols is 1. The van der Waals surface area contributed by atoms with E-state index in [1.54, 1.807) is 22.7 Å². The summed E-state index contributed by atoms with van der Waals surface area (Å²) in [5.41, 5.74) is 2.35. The van der Waals surface area contributed by atoms with Crippen LogP contribution in [0.3, 0.4) is 0 Å². The van der Waals surface area contributed by atoms with Crippen LogP contribution < -0.4 is 19.6 Å². The van der Waals surface area contributed by atoms with Gasteiger partial charge in [0.15, 0.2) is 4.80 Å². The van der Waals surface area contributed by atoms with E-state index < -0.39 is 6.04 Å². The summed E-state index contributed by atoms with van der Waals surface area (Å²) in [6.45, 7) is 6.79. The molecule has 7 nitrogen and oxygen atoms in total. The lowest BCUT2D eigenvalue weighted by Gasteiger charge is -2.29. The van der Waals surface area contributed by atoms with Gasteiger partial charge in [-0.05, 0) is 95.8 Å². The molecule has 0 radical (unpaired) electrons. The zero-order valence-electron chi connectivity index (χ0n) is 20.2. The number of hydrogen-bond acceptors (Lipinski definition) is 6. The fourth-order valence-electron chi connectivity index (χ4n) is 4.28. The standard InChI is InChI=1S/C26H25I2N3O4S/c1-5-30(6-2)25(34)21-14(3)29-26-31(22(21)16-9-7-8-10-19(16)35-4)24(33)20(36-26)13-15-11-17(27)23(32)18(28)12-15/h7-13,22,32H,5-6H2,1-4H3/b20-13+/t22-/m0/s1. The first-order valence-corrected chi connectivity index (χ1v) is 14.3. The van der Waals surface area contributed by atoms with E-state index in [1.807, 2.05) is 57.2 Å². The number of rotatable bonds is 6. The van der Waals surface area contributed by atoms with E-state index in [9.17, 15) is 14.7 Å². The van der Waals surface area contributed by atoms with Crippen molar-refractivity contribution in [3.8, 4) is 11.5 Å². The molecule has 0 aliphatic carbocycles. The quantitative estimate of drug-likeness (QED) is 0.389. The normalized spacial score (nSPS) is 15.5. The Morgan fingerprint density at radius 1 is 1.22 bits per heavy atom. The number of aromatic hydroxyl groups is 1. The van der Waals surface area contributed by atoms with Gasteiger partial charge in [-0.25, -0.2) is 4.99 Å². The van der Waals surface area contributed by atoms with E-state index >= 15 is 0 Å². The average Bonchev–Trinajstić information content (AvgIpc) is 3.16. The van der Waals surface area contributed by atoms with Crippen LogP contribution in [0.5, 0.6) is 11.5 Å². The lowest BCUT2D eigenvalue weighted by Crippen LogP contribution is -2.43.